The molecule has 1 N–H and O–H groups in total. The summed E-state index contributed by atoms with van der Waals surface area (Å²) in [6.45, 7) is 10.9. The van der Waals surface area contributed by atoms with Gasteiger partial charge in [0.05, 0.1) is 6.61 Å². The molecule has 7 heteroatoms. The third kappa shape index (κ3) is 22.6. The molecule has 6 nitrogen and oxygen atoms in total. The molecule has 0 bridgehead atoms. The Morgan fingerprint density at radius 3 is 1.33 bits per heavy atom. The molecular weight excluding hydrogens is 470 g/mol. The lowest BCUT2D eigenvalue weighted by Crippen LogP contribution is -2.46. The van der Waals surface area contributed by atoms with E-state index in [0.29, 0.717) is 39.0 Å². The smallest absolute Gasteiger partial charge is 0.450 e. The summed E-state index contributed by atoms with van der Waals surface area (Å²) in [4.78, 5) is 11.9. The number of ether oxygens (including phenoxy) is 1. The van der Waals surface area contributed by atoms with E-state index in [4.69, 9.17) is 18.0 Å². The molecule has 0 aromatic rings. The minimum Gasteiger partial charge on any atom is -0.450 e. The van der Waals surface area contributed by atoms with Gasteiger partial charge in [-0.25, -0.2) is 4.79 Å². The van der Waals surface area contributed by atoms with E-state index in [9.17, 15) is 4.79 Å². The van der Waals surface area contributed by atoms with E-state index < -0.39 is 8.80 Å². The maximum atomic E-state index is 11.9. The number of unbranched alkanes of at least 4 members (excludes halogenated alkanes) is 16. The molecule has 0 saturated carbocycles. The topological polar surface area (TPSA) is 66.0 Å². The van der Waals surface area contributed by atoms with Gasteiger partial charge >= 0.3 is 14.9 Å². The highest BCUT2D eigenvalue weighted by Gasteiger charge is 2.39. The molecule has 0 aromatic carbocycles. The van der Waals surface area contributed by atoms with E-state index in [-0.39, 0.29) is 6.09 Å². The number of rotatable bonds is 28. The second-order valence-corrected chi connectivity index (χ2v) is 12.5. The van der Waals surface area contributed by atoms with Crippen molar-refractivity contribution >= 4 is 14.9 Å². The number of hydrogen-bond donors (Lipinski definition) is 1. The van der Waals surface area contributed by atoms with E-state index in [2.05, 4.69) is 12.2 Å². The lowest BCUT2D eigenvalue weighted by molar-refractivity contribution is 0.0706. The molecule has 0 rings (SSSR count). The predicted octanol–water partition coefficient (Wildman–Crippen LogP) is 8.80. The van der Waals surface area contributed by atoms with Crippen LogP contribution in [0.5, 0.6) is 0 Å². The molecule has 0 aliphatic carbocycles. The van der Waals surface area contributed by atoms with Crippen LogP contribution in [0.4, 0.5) is 4.79 Å². The molecule has 0 heterocycles. The van der Waals surface area contributed by atoms with E-state index in [0.717, 1.165) is 19.3 Å². The fourth-order valence-corrected chi connectivity index (χ4v) is 7.15. The zero-order valence-electron chi connectivity index (χ0n) is 24.5. The van der Waals surface area contributed by atoms with Gasteiger partial charge in [-0.05, 0) is 33.6 Å². The average Bonchev–Trinajstić information content (AvgIpc) is 2.86. The maximum Gasteiger partial charge on any atom is 0.500 e. The van der Waals surface area contributed by atoms with Crippen LogP contribution in [0.3, 0.4) is 0 Å². The zero-order chi connectivity index (χ0) is 26.6. The Morgan fingerprint density at radius 1 is 0.556 bits per heavy atom. The quantitative estimate of drug-likeness (QED) is 0.0807. The van der Waals surface area contributed by atoms with Crippen LogP contribution < -0.4 is 5.32 Å². The van der Waals surface area contributed by atoms with Gasteiger partial charge in [0, 0.05) is 32.4 Å². The summed E-state index contributed by atoms with van der Waals surface area (Å²) in [5.74, 6) is 0. The summed E-state index contributed by atoms with van der Waals surface area (Å²) in [7, 11) is -2.63. The molecule has 0 radical (unpaired) electrons. The van der Waals surface area contributed by atoms with Crippen molar-refractivity contribution in [3.8, 4) is 0 Å². The van der Waals surface area contributed by atoms with E-state index >= 15 is 0 Å². The van der Waals surface area contributed by atoms with E-state index in [1.807, 2.05) is 20.8 Å². The number of carbonyl (C=O) groups is 1. The third-order valence-electron chi connectivity index (χ3n) is 6.50. The Hall–Kier alpha value is -0.633. The van der Waals surface area contributed by atoms with Crippen LogP contribution in [-0.2, 0) is 18.0 Å². The van der Waals surface area contributed by atoms with Crippen LogP contribution in [0.25, 0.3) is 0 Å². The summed E-state index contributed by atoms with van der Waals surface area (Å²) >= 11 is 0. The summed E-state index contributed by atoms with van der Waals surface area (Å²) in [6, 6.07) is 0.696. The van der Waals surface area contributed by atoms with Crippen molar-refractivity contribution in [2.24, 2.45) is 0 Å². The lowest BCUT2D eigenvalue weighted by atomic mass is 10.0. The van der Waals surface area contributed by atoms with Gasteiger partial charge in [0.1, 0.15) is 0 Å². The first-order valence-electron chi connectivity index (χ1n) is 15.5. The first kappa shape index (κ1) is 35.4. The molecule has 0 unspecified atom stereocenters. The first-order valence-corrected chi connectivity index (χ1v) is 17.4. The van der Waals surface area contributed by atoms with Gasteiger partial charge in [0.15, 0.2) is 0 Å². The fourth-order valence-electron chi connectivity index (χ4n) is 4.54. The number of alkyl carbamates (subject to hydrolysis) is 1. The number of nitrogens with one attached hydrogen (secondary N) is 1. The predicted molar refractivity (Wildman–Crippen MR) is 154 cm³/mol. The SMILES string of the molecule is CCCCCCCCCCCCCCCCCCCOC(=O)NCCC[Si](OCC)(OCC)OCC. The van der Waals surface area contributed by atoms with Crippen molar-refractivity contribution in [2.75, 3.05) is 33.0 Å². The minimum atomic E-state index is -2.63. The molecule has 36 heavy (non-hydrogen) atoms. The Labute approximate surface area is 225 Å². The second-order valence-electron chi connectivity index (χ2n) is 9.81. The molecule has 0 spiro atoms. The van der Waals surface area contributed by atoms with E-state index in [1.54, 1.807) is 0 Å². The monoisotopic (exact) mass is 531 g/mol. The van der Waals surface area contributed by atoms with Gasteiger partial charge in [-0.3, -0.25) is 0 Å². The van der Waals surface area contributed by atoms with Crippen LogP contribution in [0.15, 0.2) is 0 Å². The normalized spacial score (nSPS) is 11.7. The van der Waals surface area contributed by atoms with Gasteiger partial charge in [0.25, 0.3) is 0 Å². The van der Waals surface area contributed by atoms with Crippen molar-refractivity contribution in [1.29, 1.82) is 0 Å². The minimum absolute atomic E-state index is 0.331. The van der Waals surface area contributed by atoms with Crippen molar-refractivity contribution < 1.29 is 22.8 Å². The molecule has 216 valence electrons. The molecule has 1 amide bonds. The highest BCUT2D eigenvalue weighted by atomic mass is 28.4. The van der Waals surface area contributed by atoms with Crippen LogP contribution in [0, 0.1) is 0 Å². The number of amides is 1. The highest BCUT2D eigenvalue weighted by Crippen LogP contribution is 2.18. The number of carbonyl (C=O) groups excluding carboxylic acids is 1. The first-order chi connectivity index (χ1) is 17.6. The molecule has 0 aromatic heterocycles. The van der Waals surface area contributed by atoms with Crippen LogP contribution in [-0.4, -0.2) is 47.9 Å². The fraction of sp³-hybridized carbons (Fsp3) is 0.966. The summed E-state index contributed by atoms with van der Waals surface area (Å²) in [5.41, 5.74) is 0. The van der Waals surface area contributed by atoms with Crippen LogP contribution >= 0.6 is 0 Å². The van der Waals surface area contributed by atoms with Crippen LogP contribution in [0.2, 0.25) is 6.04 Å². The molecule has 0 atom stereocenters. The number of hydrogen-bond acceptors (Lipinski definition) is 5. The maximum absolute atomic E-state index is 11.9. The molecule has 0 aliphatic rings. The largest absolute Gasteiger partial charge is 0.500 e. The van der Waals surface area contributed by atoms with Crippen molar-refractivity contribution in [3.05, 3.63) is 0 Å². The van der Waals surface area contributed by atoms with Crippen molar-refractivity contribution in [2.45, 2.75) is 149 Å². The average molecular weight is 532 g/mol. The third-order valence-corrected chi connectivity index (χ3v) is 9.65. The zero-order valence-corrected chi connectivity index (χ0v) is 25.5. The van der Waals surface area contributed by atoms with Gasteiger partial charge in [0.2, 0.25) is 0 Å². The summed E-state index contributed by atoms with van der Waals surface area (Å²) in [6.07, 6.45) is 23.3. The summed E-state index contributed by atoms with van der Waals surface area (Å²) in [5, 5.41) is 2.83. The Morgan fingerprint density at radius 2 is 0.944 bits per heavy atom. The molecule has 0 fully saturated rings. The van der Waals surface area contributed by atoms with Gasteiger partial charge in [-0.2, -0.15) is 0 Å². The van der Waals surface area contributed by atoms with Gasteiger partial charge < -0.3 is 23.3 Å². The Bertz CT molecular complexity index is 450. The second kappa shape index (κ2) is 27.4. The van der Waals surface area contributed by atoms with Crippen molar-refractivity contribution in [1.82, 2.24) is 5.32 Å². The Balaban J connectivity index is 3.46. The van der Waals surface area contributed by atoms with E-state index in [1.165, 1.54) is 96.3 Å². The van der Waals surface area contributed by atoms with Crippen molar-refractivity contribution in [3.63, 3.8) is 0 Å². The molecule has 0 saturated heterocycles. The van der Waals surface area contributed by atoms with Gasteiger partial charge in [-0.15, -0.1) is 0 Å². The highest BCUT2D eigenvalue weighted by molar-refractivity contribution is 6.60. The molecule has 0 aliphatic heterocycles. The summed E-state index contributed by atoms with van der Waals surface area (Å²) < 4.78 is 22.8. The Kier molecular flexibility index (Phi) is 26.9. The van der Waals surface area contributed by atoms with Crippen LogP contribution in [0.1, 0.15) is 143 Å². The standard InChI is InChI=1S/C29H61NO5Si/c1-5-9-10-11-12-13-14-15-16-17-18-19-20-21-22-23-24-27-32-29(31)30-26-25-28-36(33-6-2,34-7-3)35-8-4/h5-28H2,1-4H3,(H,30,31). The lowest BCUT2D eigenvalue weighted by Gasteiger charge is -2.28. The van der Waals surface area contributed by atoms with Gasteiger partial charge in [-0.1, -0.05) is 110 Å². The molecular formula is C29H61NO5Si.